The van der Waals surface area contributed by atoms with Crippen LogP contribution in [-0.4, -0.2) is 34.1 Å². The van der Waals surface area contributed by atoms with Crippen LogP contribution in [-0.2, 0) is 0 Å². The standard InChI is InChI=1S/C15H28N4S/c1-7-8-16-13-12(11(2)3)14(19-10-18-13)17-9-15(4,5)20-6/h10-11H,7-9H2,1-6H3,(H2,16,17,18,19). The van der Waals surface area contributed by atoms with Crippen LogP contribution in [0.3, 0.4) is 0 Å². The maximum Gasteiger partial charge on any atom is 0.135 e. The predicted molar refractivity (Wildman–Crippen MR) is 91.0 cm³/mol. The van der Waals surface area contributed by atoms with E-state index < -0.39 is 0 Å². The topological polar surface area (TPSA) is 49.8 Å². The van der Waals surface area contributed by atoms with Crippen molar-refractivity contribution in [3.8, 4) is 0 Å². The van der Waals surface area contributed by atoms with Crippen molar-refractivity contribution >= 4 is 23.4 Å². The van der Waals surface area contributed by atoms with Crippen LogP contribution in [0.25, 0.3) is 0 Å². The van der Waals surface area contributed by atoms with Crippen molar-refractivity contribution in [2.75, 3.05) is 30.0 Å². The highest BCUT2D eigenvalue weighted by Crippen LogP contribution is 2.29. The summed E-state index contributed by atoms with van der Waals surface area (Å²) < 4.78 is 0.191. The fourth-order valence-corrected chi connectivity index (χ4v) is 2.05. The number of rotatable bonds is 8. The number of hydrogen-bond donors (Lipinski definition) is 2. The van der Waals surface area contributed by atoms with Gasteiger partial charge in [0.15, 0.2) is 0 Å². The highest BCUT2D eigenvalue weighted by Gasteiger charge is 2.19. The third-order valence-corrected chi connectivity index (χ3v) is 4.49. The second-order valence-corrected chi connectivity index (χ2v) is 7.40. The number of hydrogen-bond acceptors (Lipinski definition) is 5. The largest absolute Gasteiger partial charge is 0.370 e. The molecule has 0 aliphatic heterocycles. The molecule has 0 atom stereocenters. The molecular weight excluding hydrogens is 268 g/mol. The molecule has 1 heterocycles. The van der Waals surface area contributed by atoms with Crippen molar-refractivity contribution in [1.82, 2.24) is 9.97 Å². The third kappa shape index (κ3) is 4.85. The van der Waals surface area contributed by atoms with E-state index in [0.29, 0.717) is 5.92 Å². The van der Waals surface area contributed by atoms with Gasteiger partial charge in [0, 0.05) is 23.4 Å². The van der Waals surface area contributed by atoms with E-state index in [1.807, 2.05) is 11.8 Å². The molecule has 5 heteroatoms. The molecule has 2 N–H and O–H groups in total. The minimum atomic E-state index is 0.191. The van der Waals surface area contributed by atoms with E-state index >= 15 is 0 Å². The molecule has 0 unspecified atom stereocenters. The Morgan fingerprint density at radius 1 is 1.20 bits per heavy atom. The fourth-order valence-electron chi connectivity index (χ4n) is 1.84. The van der Waals surface area contributed by atoms with Crippen molar-refractivity contribution in [2.45, 2.75) is 51.7 Å². The van der Waals surface area contributed by atoms with Crippen molar-refractivity contribution in [3.63, 3.8) is 0 Å². The Balaban J connectivity index is 2.94. The zero-order valence-corrected chi connectivity index (χ0v) is 14.4. The molecule has 0 aliphatic carbocycles. The van der Waals surface area contributed by atoms with Crippen LogP contribution in [0.2, 0.25) is 0 Å². The number of anilines is 2. The predicted octanol–water partition coefficient (Wildman–Crippen LogP) is 3.98. The van der Waals surface area contributed by atoms with Crippen LogP contribution in [0.4, 0.5) is 11.6 Å². The van der Waals surface area contributed by atoms with Crippen molar-refractivity contribution in [1.29, 1.82) is 0 Å². The summed E-state index contributed by atoms with van der Waals surface area (Å²) >= 11 is 1.86. The van der Waals surface area contributed by atoms with Crippen molar-refractivity contribution in [3.05, 3.63) is 11.9 Å². The maximum absolute atomic E-state index is 4.43. The van der Waals surface area contributed by atoms with E-state index in [-0.39, 0.29) is 4.75 Å². The Morgan fingerprint density at radius 2 is 1.80 bits per heavy atom. The molecule has 0 aromatic carbocycles. The minimum absolute atomic E-state index is 0.191. The van der Waals surface area contributed by atoms with E-state index in [1.165, 1.54) is 5.56 Å². The van der Waals surface area contributed by atoms with Gasteiger partial charge in [-0.2, -0.15) is 11.8 Å². The molecule has 0 amide bonds. The lowest BCUT2D eigenvalue weighted by Gasteiger charge is -2.24. The summed E-state index contributed by atoms with van der Waals surface area (Å²) in [4.78, 5) is 8.83. The average Bonchev–Trinajstić information content (AvgIpc) is 2.42. The first-order chi connectivity index (χ1) is 9.41. The van der Waals surface area contributed by atoms with Crippen LogP contribution in [0.15, 0.2) is 6.33 Å². The Bertz CT molecular complexity index is 418. The SMILES string of the molecule is CCCNc1ncnc(NCC(C)(C)SC)c1C(C)C. The van der Waals surface area contributed by atoms with Crippen LogP contribution >= 0.6 is 11.8 Å². The third-order valence-electron chi connectivity index (χ3n) is 3.24. The summed E-state index contributed by atoms with van der Waals surface area (Å²) in [5, 5.41) is 6.89. The lowest BCUT2D eigenvalue weighted by atomic mass is 10.0. The molecule has 0 saturated carbocycles. The Hall–Kier alpha value is -0.970. The molecule has 0 fully saturated rings. The van der Waals surface area contributed by atoms with Crippen molar-refractivity contribution < 1.29 is 0 Å². The molecular formula is C15H28N4S. The summed E-state index contributed by atoms with van der Waals surface area (Å²) in [5.41, 5.74) is 1.18. The van der Waals surface area contributed by atoms with Gasteiger partial charge < -0.3 is 10.6 Å². The van der Waals surface area contributed by atoms with Gasteiger partial charge in [-0.25, -0.2) is 9.97 Å². The van der Waals surface area contributed by atoms with E-state index in [1.54, 1.807) is 6.33 Å². The van der Waals surface area contributed by atoms with Gasteiger partial charge in [-0.05, 0) is 32.4 Å². The fraction of sp³-hybridized carbons (Fsp3) is 0.733. The van der Waals surface area contributed by atoms with E-state index in [4.69, 9.17) is 0 Å². The molecule has 1 aromatic rings. The quantitative estimate of drug-likeness (QED) is 0.760. The Labute approximate surface area is 127 Å². The molecule has 1 aromatic heterocycles. The van der Waals surface area contributed by atoms with Gasteiger partial charge >= 0.3 is 0 Å². The van der Waals surface area contributed by atoms with Crippen LogP contribution < -0.4 is 10.6 Å². The summed E-state index contributed by atoms with van der Waals surface area (Å²) in [6.07, 6.45) is 4.86. The molecule has 0 bridgehead atoms. The van der Waals surface area contributed by atoms with Gasteiger partial charge in [-0.1, -0.05) is 20.8 Å². The van der Waals surface area contributed by atoms with E-state index in [0.717, 1.165) is 31.1 Å². The summed E-state index contributed by atoms with van der Waals surface area (Å²) in [6, 6.07) is 0. The summed E-state index contributed by atoms with van der Waals surface area (Å²) in [6.45, 7) is 12.8. The molecule has 0 spiro atoms. The second-order valence-electron chi connectivity index (χ2n) is 5.88. The highest BCUT2D eigenvalue weighted by atomic mass is 32.2. The maximum atomic E-state index is 4.43. The summed E-state index contributed by atoms with van der Waals surface area (Å²) in [7, 11) is 0. The number of thioether (sulfide) groups is 1. The first-order valence-electron chi connectivity index (χ1n) is 7.29. The van der Waals surface area contributed by atoms with Gasteiger partial charge in [0.1, 0.15) is 18.0 Å². The van der Waals surface area contributed by atoms with Gasteiger partial charge in [-0.15, -0.1) is 0 Å². The lowest BCUT2D eigenvalue weighted by Crippen LogP contribution is -2.27. The molecule has 0 radical (unpaired) electrons. The first kappa shape index (κ1) is 17.1. The van der Waals surface area contributed by atoms with Gasteiger partial charge in [0.2, 0.25) is 0 Å². The smallest absolute Gasteiger partial charge is 0.135 e. The average molecular weight is 296 g/mol. The zero-order chi connectivity index (χ0) is 15.2. The molecule has 114 valence electrons. The van der Waals surface area contributed by atoms with Crippen LogP contribution in [0.5, 0.6) is 0 Å². The molecule has 0 aliphatic rings. The lowest BCUT2D eigenvalue weighted by molar-refractivity contribution is 0.744. The highest BCUT2D eigenvalue weighted by molar-refractivity contribution is 7.99. The van der Waals surface area contributed by atoms with Gasteiger partial charge in [0.05, 0.1) is 0 Å². The molecule has 0 saturated heterocycles. The van der Waals surface area contributed by atoms with Gasteiger partial charge in [-0.3, -0.25) is 0 Å². The van der Waals surface area contributed by atoms with Gasteiger partial charge in [0.25, 0.3) is 0 Å². The number of nitrogens with zero attached hydrogens (tertiary/aromatic N) is 2. The number of nitrogens with one attached hydrogen (secondary N) is 2. The molecule has 20 heavy (non-hydrogen) atoms. The number of aromatic nitrogens is 2. The van der Waals surface area contributed by atoms with Crippen LogP contribution in [0.1, 0.15) is 52.5 Å². The monoisotopic (exact) mass is 296 g/mol. The Kier molecular flexibility index (Phi) is 6.59. The van der Waals surface area contributed by atoms with Crippen LogP contribution in [0, 0.1) is 0 Å². The molecule has 4 nitrogen and oxygen atoms in total. The van der Waals surface area contributed by atoms with E-state index in [9.17, 15) is 0 Å². The zero-order valence-electron chi connectivity index (χ0n) is 13.6. The minimum Gasteiger partial charge on any atom is -0.370 e. The molecule has 1 rings (SSSR count). The van der Waals surface area contributed by atoms with Crippen molar-refractivity contribution in [2.24, 2.45) is 0 Å². The normalized spacial score (nSPS) is 11.8. The van der Waals surface area contributed by atoms with E-state index in [2.05, 4.69) is 61.5 Å². The second kappa shape index (κ2) is 7.72. The summed E-state index contributed by atoms with van der Waals surface area (Å²) in [5.74, 6) is 2.30. The Morgan fingerprint density at radius 3 is 2.30 bits per heavy atom. The first-order valence-corrected chi connectivity index (χ1v) is 8.51.